The molecule has 2 aromatic rings. The molecule has 2 atom stereocenters. The van der Waals surface area contributed by atoms with E-state index in [1.807, 2.05) is 4.90 Å². The Morgan fingerprint density at radius 2 is 1.92 bits per heavy atom. The van der Waals surface area contributed by atoms with Gasteiger partial charge in [0.15, 0.2) is 5.69 Å². The van der Waals surface area contributed by atoms with Crippen LogP contribution in [0.5, 0.6) is 0 Å². The third kappa shape index (κ3) is 6.92. The van der Waals surface area contributed by atoms with Crippen molar-refractivity contribution in [3.8, 4) is 11.3 Å². The molecule has 38 heavy (non-hydrogen) atoms. The van der Waals surface area contributed by atoms with Gasteiger partial charge in [-0.1, -0.05) is 31.0 Å². The first-order chi connectivity index (χ1) is 17.9. The fraction of sp³-hybridized carbons (Fsp3) is 0.593. The smallest absolute Gasteiger partial charge is 0.417 e. The Bertz CT molecular complexity index is 1140. The molecule has 208 valence electrons. The zero-order valence-corrected chi connectivity index (χ0v) is 21.4. The molecule has 2 aliphatic rings. The van der Waals surface area contributed by atoms with Gasteiger partial charge in [0.25, 0.3) is 5.91 Å². The molecule has 11 heteroatoms. The van der Waals surface area contributed by atoms with E-state index < -0.39 is 35.3 Å². The first kappa shape index (κ1) is 28.1. The van der Waals surface area contributed by atoms with Gasteiger partial charge in [-0.15, -0.1) is 0 Å². The average molecular weight is 539 g/mol. The van der Waals surface area contributed by atoms with Crippen molar-refractivity contribution in [1.82, 2.24) is 20.0 Å². The zero-order chi connectivity index (χ0) is 27.5. The molecule has 7 nitrogen and oxygen atoms in total. The van der Waals surface area contributed by atoms with Gasteiger partial charge in [0.2, 0.25) is 0 Å². The molecule has 0 radical (unpaired) electrons. The molecule has 2 heterocycles. The minimum absolute atomic E-state index is 0.0556. The van der Waals surface area contributed by atoms with Gasteiger partial charge in [0.1, 0.15) is 5.67 Å². The monoisotopic (exact) mass is 538 g/mol. The van der Waals surface area contributed by atoms with Crippen LogP contribution in [0.1, 0.15) is 80.4 Å². The standard InChI is InChI=1S/C27H34F4N4O3/c1-26(28)12-6-13-34(17-26)14-11-18(15-24(36)37)32-25(38)22-16-23(35(33-22)19-7-2-3-8-19)20-9-4-5-10-21(20)27(29,30)31/h4-5,9-10,16,18-19H,2-3,6-8,11-15,17H2,1H3,(H,32,38)(H,36,37)/t18-,26?/m0/s1. The summed E-state index contributed by atoms with van der Waals surface area (Å²) in [6.45, 7) is 2.90. The van der Waals surface area contributed by atoms with Crippen LogP contribution in [0, 0.1) is 0 Å². The number of rotatable bonds is 9. The fourth-order valence-electron chi connectivity index (χ4n) is 5.61. The number of carboxylic acids is 1. The number of carbonyl (C=O) groups is 2. The summed E-state index contributed by atoms with van der Waals surface area (Å²) < 4.78 is 57.3. The van der Waals surface area contributed by atoms with Gasteiger partial charge in [-0.3, -0.25) is 14.3 Å². The maximum atomic E-state index is 14.4. The van der Waals surface area contributed by atoms with Crippen LogP contribution >= 0.6 is 0 Å². The Kier molecular flexibility index (Phi) is 8.44. The van der Waals surface area contributed by atoms with Crippen LogP contribution in [0.15, 0.2) is 30.3 Å². The minimum Gasteiger partial charge on any atom is -0.481 e. The van der Waals surface area contributed by atoms with E-state index in [0.717, 1.165) is 31.7 Å². The van der Waals surface area contributed by atoms with Crippen LogP contribution in [-0.2, 0) is 11.0 Å². The zero-order valence-electron chi connectivity index (χ0n) is 21.4. The van der Waals surface area contributed by atoms with Crippen LogP contribution in [0.3, 0.4) is 0 Å². The summed E-state index contributed by atoms with van der Waals surface area (Å²) in [5.41, 5.74) is -2.02. The molecule has 1 saturated heterocycles. The lowest BCUT2D eigenvalue weighted by Crippen LogP contribution is -2.46. The lowest BCUT2D eigenvalue weighted by molar-refractivity contribution is -0.138. The van der Waals surface area contributed by atoms with Crippen LogP contribution in [0.4, 0.5) is 17.6 Å². The molecule has 1 aliphatic carbocycles. The summed E-state index contributed by atoms with van der Waals surface area (Å²) in [5, 5.41) is 16.5. The van der Waals surface area contributed by atoms with Gasteiger partial charge in [0, 0.05) is 24.7 Å². The van der Waals surface area contributed by atoms with Crippen molar-refractivity contribution in [3.63, 3.8) is 0 Å². The lowest BCUT2D eigenvalue weighted by atomic mass is 9.96. The van der Waals surface area contributed by atoms with E-state index >= 15 is 0 Å². The maximum absolute atomic E-state index is 14.4. The highest BCUT2D eigenvalue weighted by molar-refractivity contribution is 5.94. The van der Waals surface area contributed by atoms with Crippen molar-refractivity contribution < 1.29 is 32.3 Å². The minimum atomic E-state index is -4.58. The molecule has 1 aliphatic heterocycles. The van der Waals surface area contributed by atoms with Crippen LogP contribution in [0.25, 0.3) is 11.3 Å². The highest BCUT2D eigenvalue weighted by Crippen LogP contribution is 2.40. The molecular weight excluding hydrogens is 504 g/mol. The van der Waals surface area contributed by atoms with E-state index in [-0.39, 0.29) is 36.0 Å². The normalized spacial score (nSPS) is 21.9. The Morgan fingerprint density at radius 3 is 2.58 bits per heavy atom. The number of likely N-dealkylation sites (tertiary alicyclic amines) is 1. The van der Waals surface area contributed by atoms with Gasteiger partial charge in [-0.25, -0.2) is 4.39 Å². The number of alkyl halides is 4. The highest BCUT2D eigenvalue weighted by atomic mass is 19.4. The number of aromatic nitrogens is 2. The number of nitrogens with one attached hydrogen (secondary N) is 1. The predicted octanol–water partition coefficient (Wildman–Crippen LogP) is 5.47. The molecule has 1 saturated carbocycles. The summed E-state index contributed by atoms with van der Waals surface area (Å²) in [4.78, 5) is 26.6. The molecule has 1 unspecified atom stereocenters. The van der Waals surface area contributed by atoms with Crippen molar-refractivity contribution in [2.24, 2.45) is 0 Å². The summed E-state index contributed by atoms with van der Waals surface area (Å²) >= 11 is 0. The Hall–Kier alpha value is -2.95. The lowest BCUT2D eigenvalue weighted by Gasteiger charge is -2.35. The van der Waals surface area contributed by atoms with E-state index in [9.17, 15) is 32.3 Å². The van der Waals surface area contributed by atoms with Gasteiger partial charge < -0.3 is 15.3 Å². The topological polar surface area (TPSA) is 87.5 Å². The molecule has 0 spiro atoms. The van der Waals surface area contributed by atoms with Crippen LogP contribution in [-0.4, -0.2) is 63.0 Å². The van der Waals surface area contributed by atoms with E-state index in [1.54, 1.807) is 6.92 Å². The maximum Gasteiger partial charge on any atom is 0.417 e. The van der Waals surface area contributed by atoms with E-state index in [1.165, 1.54) is 28.9 Å². The quantitative estimate of drug-likeness (QED) is 0.414. The van der Waals surface area contributed by atoms with Gasteiger partial charge in [0.05, 0.1) is 23.7 Å². The fourth-order valence-corrected chi connectivity index (χ4v) is 5.61. The molecular formula is C27H34F4N4O3. The average Bonchev–Trinajstić information content (AvgIpc) is 3.51. The number of halogens is 4. The van der Waals surface area contributed by atoms with Crippen molar-refractivity contribution in [1.29, 1.82) is 0 Å². The molecule has 1 aromatic carbocycles. The number of carboxylic acid groups (broad SMARTS) is 1. The number of amides is 1. The number of nitrogens with zero attached hydrogens (tertiary/aromatic N) is 3. The van der Waals surface area contributed by atoms with E-state index in [2.05, 4.69) is 10.4 Å². The molecule has 1 amide bonds. The number of benzene rings is 1. The number of hydrogen-bond donors (Lipinski definition) is 2. The Morgan fingerprint density at radius 1 is 1.21 bits per heavy atom. The number of piperidine rings is 1. The largest absolute Gasteiger partial charge is 0.481 e. The number of carbonyl (C=O) groups excluding carboxylic acids is 1. The summed E-state index contributed by atoms with van der Waals surface area (Å²) in [5.74, 6) is -1.74. The molecule has 2 N–H and O–H groups in total. The Labute approximate surface area is 219 Å². The summed E-state index contributed by atoms with van der Waals surface area (Å²) in [6.07, 6.45) is -0.125. The van der Waals surface area contributed by atoms with Gasteiger partial charge in [-0.2, -0.15) is 18.3 Å². The van der Waals surface area contributed by atoms with Crippen LogP contribution < -0.4 is 5.32 Å². The number of hydrogen-bond acceptors (Lipinski definition) is 4. The second-order valence-corrected chi connectivity index (χ2v) is 10.7. The summed E-state index contributed by atoms with van der Waals surface area (Å²) in [7, 11) is 0. The van der Waals surface area contributed by atoms with Crippen LogP contribution in [0.2, 0.25) is 0 Å². The van der Waals surface area contributed by atoms with Crippen molar-refractivity contribution in [3.05, 3.63) is 41.6 Å². The number of aliphatic carboxylic acids is 1. The van der Waals surface area contributed by atoms with Gasteiger partial charge in [-0.05, 0) is 57.7 Å². The van der Waals surface area contributed by atoms with E-state index in [0.29, 0.717) is 32.4 Å². The second-order valence-electron chi connectivity index (χ2n) is 10.7. The van der Waals surface area contributed by atoms with Gasteiger partial charge >= 0.3 is 12.1 Å². The van der Waals surface area contributed by atoms with Crippen molar-refractivity contribution >= 4 is 11.9 Å². The predicted molar refractivity (Wildman–Crippen MR) is 133 cm³/mol. The second kappa shape index (κ2) is 11.4. The Balaban J connectivity index is 1.57. The molecule has 1 aromatic heterocycles. The molecule has 2 fully saturated rings. The first-order valence-electron chi connectivity index (χ1n) is 13.1. The summed E-state index contributed by atoms with van der Waals surface area (Å²) in [6, 6.07) is 5.70. The first-order valence-corrected chi connectivity index (χ1v) is 13.1. The molecule has 0 bridgehead atoms. The third-order valence-electron chi connectivity index (χ3n) is 7.42. The van der Waals surface area contributed by atoms with Crippen molar-refractivity contribution in [2.75, 3.05) is 19.6 Å². The van der Waals surface area contributed by atoms with Crippen molar-refractivity contribution in [2.45, 2.75) is 82.2 Å². The third-order valence-corrected chi connectivity index (χ3v) is 7.42. The van der Waals surface area contributed by atoms with E-state index in [4.69, 9.17) is 0 Å². The SMILES string of the molecule is CC1(F)CCCN(CC[C@@H](CC(=O)O)NC(=O)c2cc(-c3ccccc3C(F)(F)F)n(C3CCCC3)n2)C1. The highest BCUT2D eigenvalue weighted by Gasteiger charge is 2.36. The molecule has 4 rings (SSSR count).